The molecule has 0 aliphatic carbocycles. The van der Waals surface area contributed by atoms with Gasteiger partial charge in [-0.05, 0) is 42.2 Å². The van der Waals surface area contributed by atoms with E-state index in [1.165, 1.54) is 0 Å². The molecule has 0 fully saturated rings. The second-order valence-corrected chi connectivity index (χ2v) is 7.28. The van der Waals surface area contributed by atoms with Crippen molar-refractivity contribution < 1.29 is 14.3 Å². The number of nitrogens with zero attached hydrogens (tertiary/aromatic N) is 2. The molecule has 2 amide bonds. The predicted octanol–water partition coefficient (Wildman–Crippen LogP) is 3.61. The minimum Gasteiger partial charge on any atom is -0.494 e. The summed E-state index contributed by atoms with van der Waals surface area (Å²) in [5.74, 6) is 0.742. The van der Waals surface area contributed by atoms with Gasteiger partial charge < -0.3 is 15.4 Å². The average molecular weight is 404 g/mol. The molecule has 154 valence electrons. The fraction of sp³-hybridized carbons (Fsp3) is 0.261. The van der Waals surface area contributed by atoms with Gasteiger partial charge in [-0.3, -0.25) is 14.3 Å². The molecule has 7 nitrogen and oxygen atoms in total. The molecule has 3 aromatic rings. The average Bonchev–Trinajstić information content (AvgIpc) is 3.18. The maximum absolute atomic E-state index is 12.2. The number of anilines is 2. The van der Waals surface area contributed by atoms with Crippen molar-refractivity contribution in [3.63, 3.8) is 0 Å². The number of ether oxygens (including phenoxy) is 1. The molecule has 4 rings (SSSR count). The van der Waals surface area contributed by atoms with Gasteiger partial charge in [-0.1, -0.05) is 30.3 Å². The molecule has 0 saturated heterocycles. The molecular weight excluding hydrogens is 380 g/mol. The van der Waals surface area contributed by atoms with E-state index < -0.39 is 0 Å². The summed E-state index contributed by atoms with van der Waals surface area (Å²) in [7, 11) is 0. The second-order valence-electron chi connectivity index (χ2n) is 7.28. The van der Waals surface area contributed by atoms with Crippen molar-refractivity contribution in [1.29, 1.82) is 0 Å². The molecule has 1 aromatic heterocycles. The highest BCUT2D eigenvalue weighted by Gasteiger charge is 2.15. The third-order valence-electron chi connectivity index (χ3n) is 4.89. The van der Waals surface area contributed by atoms with Crippen LogP contribution in [0.1, 0.15) is 30.4 Å². The fourth-order valence-electron chi connectivity index (χ4n) is 3.38. The summed E-state index contributed by atoms with van der Waals surface area (Å²) in [6.45, 7) is 1.11. The number of carbonyl (C=O) groups excluding carboxylic acids is 2. The molecule has 0 spiro atoms. The largest absolute Gasteiger partial charge is 0.494 e. The number of rotatable bonds is 8. The SMILES string of the molecule is O=C(CCCOc1ccc2c(c1)CCC(=O)N2)Nc1cnn(Cc2ccccc2)c1. The molecule has 2 N–H and O–H groups in total. The predicted molar refractivity (Wildman–Crippen MR) is 115 cm³/mol. The van der Waals surface area contributed by atoms with Gasteiger partial charge in [0.15, 0.2) is 0 Å². The molecule has 30 heavy (non-hydrogen) atoms. The van der Waals surface area contributed by atoms with Crippen molar-refractivity contribution in [2.24, 2.45) is 0 Å². The van der Waals surface area contributed by atoms with Crippen molar-refractivity contribution in [3.8, 4) is 5.75 Å². The van der Waals surface area contributed by atoms with E-state index in [-0.39, 0.29) is 11.8 Å². The fourth-order valence-corrected chi connectivity index (χ4v) is 3.38. The van der Waals surface area contributed by atoms with Gasteiger partial charge in [-0.25, -0.2) is 0 Å². The summed E-state index contributed by atoms with van der Waals surface area (Å²) < 4.78 is 7.56. The number of amides is 2. The first-order valence-corrected chi connectivity index (χ1v) is 10.1. The summed E-state index contributed by atoms with van der Waals surface area (Å²) in [5, 5.41) is 10.0. The maximum atomic E-state index is 12.2. The third-order valence-corrected chi connectivity index (χ3v) is 4.89. The van der Waals surface area contributed by atoms with Gasteiger partial charge in [0, 0.05) is 24.7 Å². The molecule has 0 bridgehead atoms. The van der Waals surface area contributed by atoms with Crippen LogP contribution in [0.15, 0.2) is 60.9 Å². The summed E-state index contributed by atoms with van der Waals surface area (Å²) in [6, 6.07) is 15.7. The molecule has 2 aromatic carbocycles. The van der Waals surface area contributed by atoms with Crippen LogP contribution in [0, 0.1) is 0 Å². The Kier molecular flexibility index (Phi) is 6.08. The molecule has 0 saturated carbocycles. The number of nitrogens with one attached hydrogen (secondary N) is 2. The Hall–Kier alpha value is -3.61. The first-order valence-electron chi connectivity index (χ1n) is 10.1. The van der Waals surface area contributed by atoms with E-state index >= 15 is 0 Å². The summed E-state index contributed by atoms with van der Waals surface area (Å²) in [4.78, 5) is 23.6. The lowest BCUT2D eigenvalue weighted by molar-refractivity contribution is -0.117. The molecule has 0 radical (unpaired) electrons. The standard InChI is InChI=1S/C23H24N4O3/c28-22(25-19-14-24-27(16-19)15-17-5-2-1-3-6-17)7-4-12-30-20-9-10-21-18(13-20)8-11-23(29)26-21/h1-3,5-6,9-10,13-14,16H,4,7-8,11-12,15H2,(H,25,28)(H,26,29). The lowest BCUT2D eigenvalue weighted by atomic mass is 10.0. The van der Waals surface area contributed by atoms with Crippen LogP contribution in [0.25, 0.3) is 0 Å². The number of hydrogen-bond donors (Lipinski definition) is 2. The minimum absolute atomic E-state index is 0.0489. The van der Waals surface area contributed by atoms with E-state index in [2.05, 4.69) is 15.7 Å². The van der Waals surface area contributed by atoms with Crippen molar-refractivity contribution in [1.82, 2.24) is 9.78 Å². The van der Waals surface area contributed by atoms with Crippen molar-refractivity contribution in [2.75, 3.05) is 17.2 Å². The van der Waals surface area contributed by atoms with E-state index in [9.17, 15) is 9.59 Å². The van der Waals surface area contributed by atoms with Crippen LogP contribution in [-0.4, -0.2) is 28.2 Å². The highest BCUT2D eigenvalue weighted by molar-refractivity contribution is 5.94. The highest BCUT2D eigenvalue weighted by Crippen LogP contribution is 2.26. The van der Waals surface area contributed by atoms with Crippen LogP contribution in [-0.2, 0) is 22.6 Å². The zero-order valence-corrected chi connectivity index (χ0v) is 16.6. The quantitative estimate of drug-likeness (QED) is 0.562. The maximum Gasteiger partial charge on any atom is 0.224 e. The topological polar surface area (TPSA) is 85.2 Å². The van der Waals surface area contributed by atoms with Crippen LogP contribution in [0.3, 0.4) is 0 Å². The third kappa shape index (κ3) is 5.26. The molecule has 1 aliphatic heterocycles. The number of fused-ring (bicyclic) bond motifs is 1. The number of hydrogen-bond acceptors (Lipinski definition) is 4. The van der Waals surface area contributed by atoms with Crippen molar-refractivity contribution in [3.05, 3.63) is 72.1 Å². The number of benzene rings is 2. The van der Waals surface area contributed by atoms with Gasteiger partial charge in [0.2, 0.25) is 11.8 Å². The molecule has 0 unspecified atom stereocenters. The van der Waals surface area contributed by atoms with Crippen LogP contribution in [0.2, 0.25) is 0 Å². The van der Waals surface area contributed by atoms with E-state index in [4.69, 9.17) is 4.74 Å². The molecule has 0 atom stereocenters. The Balaban J connectivity index is 1.19. The zero-order chi connectivity index (χ0) is 20.8. The summed E-state index contributed by atoms with van der Waals surface area (Å²) in [6.07, 6.45) is 5.68. The highest BCUT2D eigenvalue weighted by atomic mass is 16.5. The van der Waals surface area contributed by atoms with Crippen LogP contribution in [0.4, 0.5) is 11.4 Å². The van der Waals surface area contributed by atoms with Crippen LogP contribution >= 0.6 is 0 Å². The van der Waals surface area contributed by atoms with Crippen LogP contribution in [0.5, 0.6) is 5.75 Å². The van der Waals surface area contributed by atoms with Gasteiger partial charge in [0.25, 0.3) is 0 Å². The molecule has 1 aliphatic rings. The Labute approximate surface area is 175 Å². The summed E-state index contributed by atoms with van der Waals surface area (Å²) in [5.41, 5.74) is 3.77. The van der Waals surface area contributed by atoms with E-state index in [0.717, 1.165) is 29.0 Å². The van der Waals surface area contributed by atoms with E-state index in [1.54, 1.807) is 10.9 Å². The Morgan fingerprint density at radius 3 is 2.90 bits per heavy atom. The van der Waals surface area contributed by atoms with Gasteiger partial charge in [0.1, 0.15) is 5.75 Å². The van der Waals surface area contributed by atoms with Gasteiger partial charge in [0.05, 0.1) is 25.0 Å². The Morgan fingerprint density at radius 2 is 2.03 bits per heavy atom. The second kappa shape index (κ2) is 9.26. The van der Waals surface area contributed by atoms with E-state index in [1.807, 2.05) is 54.7 Å². The summed E-state index contributed by atoms with van der Waals surface area (Å²) >= 11 is 0. The van der Waals surface area contributed by atoms with E-state index in [0.29, 0.717) is 38.1 Å². The Morgan fingerprint density at radius 1 is 1.17 bits per heavy atom. The minimum atomic E-state index is -0.0639. The molecular formula is C23H24N4O3. The van der Waals surface area contributed by atoms with Gasteiger partial charge in [-0.15, -0.1) is 0 Å². The number of carbonyl (C=O) groups is 2. The lowest BCUT2D eigenvalue weighted by Gasteiger charge is -2.17. The molecule has 2 heterocycles. The first-order chi connectivity index (χ1) is 14.7. The normalized spacial score (nSPS) is 12.7. The van der Waals surface area contributed by atoms with Gasteiger partial charge in [-0.2, -0.15) is 5.10 Å². The van der Waals surface area contributed by atoms with Crippen LogP contribution < -0.4 is 15.4 Å². The van der Waals surface area contributed by atoms with Crippen molar-refractivity contribution >= 4 is 23.2 Å². The zero-order valence-electron chi connectivity index (χ0n) is 16.6. The van der Waals surface area contributed by atoms with Crippen molar-refractivity contribution in [2.45, 2.75) is 32.2 Å². The first kappa shape index (κ1) is 19.7. The smallest absolute Gasteiger partial charge is 0.224 e. The monoisotopic (exact) mass is 404 g/mol. The number of aromatic nitrogens is 2. The number of aryl methyl sites for hydroxylation is 1. The molecule has 7 heteroatoms. The lowest BCUT2D eigenvalue weighted by Crippen LogP contribution is -2.18. The van der Waals surface area contributed by atoms with Gasteiger partial charge >= 0.3 is 0 Å². The Bertz CT molecular complexity index is 1030.